The Morgan fingerprint density at radius 1 is 1.29 bits per heavy atom. The van der Waals surface area contributed by atoms with Gasteiger partial charge in [0, 0.05) is 19.1 Å². The van der Waals surface area contributed by atoms with Crippen molar-refractivity contribution in [2.75, 3.05) is 26.2 Å². The number of likely N-dealkylation sites (N-methyl/N-ethyl adjacent to an activating group) is 1. The van der Waals surface area contributed by atoms with Crippen molar-refractivity contribution in [1.29, 1.82) is 0 Å². The summed E-state index contributed by atoms with van der Waals surface area (Å²) in [7, 11) is 0. The highest BCUT2D eigenvalue weighted by Crippen LogP contribution is 2.41. The molecule has 1 heterocycles. The molecule has 2 fully saturated rings. The van der Waals surface area contributed by atoms with Gasteiger partial charge < -0.3 is 11.1 Å². The topological polar surface area (TPSA) is 53.6 Å². The van der Waals surface area contributed by atoms with E-state index in [-0.39, 0.29) is 24.0 Å². The molecule has 0 radical (unpaired) electrons. The second-order valence-electron chi connectivity index (χ2n) is 6.57. The number of likely N-dealkylation sites (tertiary alicyclic amines) is 1. The third kappa shape index (κ3) is 5.27. The first kappa shape index (κ1) is 19.0. The molecule has 1 unspecified atom stereocenters. The van der Waals surface area contributed by atoms with E-state index in [0.717, 1.165) is 19.6 Å². The van der Waals surface area contributed by atoms with Crippen molar-refractivity contribution in [3.8, 4) is 0 Å². The van der Waals surface area contributed by atoms with Gasteiger partial charge in [-0.15, -0.1) is 24.0 Å². The molecule has 0 aromatic heterocycles. The summed E-state index contributed by atoms with van der Waals surface area (Å²) in [5, 5.41) is 3.34. The van der Waals surface area contributed by atoms with Crippen molar-refractivity contribution in [1.82, 2.24) is 10.2 Å². The molecule has 3 N–H and O–H groups in total. The molecule has 0 aromatic rings. The summed E-state index contributed by atoms with van der Waals surface area (Å²) in [6.45, 7) is 8.76. The van der Waals surface area contributed by atoms with Crippen molar-refractivity contribution >= 4 is 29.9 Å². The number of nitrogens with zero attached hydrogens (tertiary/aromatic N) is 2. The minimum absolute atomic E-state index is 0. The largest absolute Gasteiger partial charge is 0.370 e. The number of halogens is 1. The van der Waals surface area contributed by atoms with Gasteiger partial charge in [-0.3, -0.25) is 9.89 Å². The minimum atomic E-state index is 0. The van der Waals surface area contributed by atoms with Crippen molar-refractivity contribution in [3.63, 3.8) is 0 Å². The van der Waals surface area contributed by atoms with Crippen LogP contribution in [0.25, 0.3) is 0 Å². The van der Waals surface area contributed by atoms with E-state index in [0.29, 0.717) is 17.4 Å². The van der Waals surface area contributed by atoms with Crippen LogP contribution in [0.4, 0.5) is 0 Å². The molecule has 2 rings (SSSR count). The molecule has 1 saturated heterocycles. The van der Waals surface area contributed by atoms with Gasteiger partial charge >= 0.3 is 0 Å². The fourth-order valence-corrected chi connectivity index (χ4v) is 3.82. The van der Waals surface area contributed by atoms with Gasteiger partial charge in [-0.1, -0.05) is 26.7 Å². The lowest BCUT2D eigenvalue weighted by Gasteiger charge is -2.26. The number of nitrogens with one attached hydrogen (secondary N) is 1. The van der Waals surface area contributed by atoms with Crippen LogP contribution in [0.5, 0.6) is 0 Å². The number of aliphatic imine (C=N–C) groups is 1. The van der Waals surface area contributed by atoms with Gasteiger partial charge in [0.05, 0.1) is 0 Å². The Balaban J connectivity index is 0.00000220. The highest BCUT2D eigenvalue weighted by Gasteiger charge is 2.31. The fourth-order valence-electron chi connectivity index (χ4n) is 3.82. The Morgan fingerprint density at radius 3 is 2.62 bits per heavy atom. The highest BCUT2D eigenvalue weighted by atomic mass is 127. The first-order chi connectivity index (χ1) is 9.69. The number of rotatable bonds is 6. The molecule has 0 bridgehead atoms. The fraction of sp³-hybridized carbons (Fsp3) is 0.938. The van der Waals surface area contributed by atoms with Crippen LogP contribution in [-0.4, -0.2) is 43.1 Å². The van der Waals surface area contributed by atoms with Crippen LogP contribution in [-0.2, 0) is 0 Å². The average Bonchev–Trinajstić information content (AvgIpc) is 3.12. The lowest BCUT2D eigenvalue weighted by molar-refractivity contribution is 0.267. The third-order valence-corrected chi connectivity index (χ3v) is 5.42. The first-order valence-corrected chi connectivity index (χ1v) is 8.47. The molecule has 21 heavy (non-hydrogen) atoms. The molecule has 124 valence electrons. The summed E-state index contributed by atoms with van der Waals surface area (Å²) in [6.07, 6.45) is 9.21. The smallest absolute Gasteiger partial charge is 0.188 e. The van der Waals surface area contributed by atoms with Gasteiger partial charge in [0.15, 0.2) is 5.96 Å². The molecule has 1 aliphatic heterocycles. The lowest BCUT2D eigenvalue weighted by Crippen LogP contribution is -2.43. The van der Waals surface area contributed by atoms with E-state index in [4.69, 9.17) is 5.73 Å². The monoisotopic (exact) mass is 408 g/mol. The van der Waals surface area contributed by atoms with Gasteiger partial charge in [0.2, 0.25) is 0 Å². The zero-order valence-electron chi connectivity index (χ0n) is 13.7. The lowest BCUT2D eigenvalue weighted by atomic mass is 9.84. The maximum Gasteiger partial charge on any atom is 0.188 e. The molecule has 1 atom stereocenters. The summed E-state index contributed by atoms with van der Waals surface area (Å²) < 4.78 is 0. The van der Waals surface area contributed by atoms with Gasteiger partial charge in [0.25, 0.3) is 0 Å². The SMILES string of the molecule is CCN1CCCC1CNC(N)=NCC1(CC)CCCC1.I. The number of nitrogens with two attached hydrogens (primary N) is 1. The minimum Gasteiger partial charge on any atom is -0.370 e. The molecule has 5 heteroatoms. The van der Waals surface area contributed by atoms with E-state index in [2.05, 4.69) is 29.1 Å². The predicted octanol–water partition coefficient (Wildman–Crippen LogP) is 2.96. The molecule has 1 saturated carbocycles. The predicted molar refractivity (Wildman–Crippen MR) is 101 cm³/mol. The van der Waals surface area contributed by atoms with Crippen LogP contribution in [0.1, 0.15) is 58.8 Å². The van der Waals surface area contributed by atoms with E-state index in [1.807, 2.05) is 0 Å². The van der Waals surface area contributed by atoms with E-state index in [9.17, 15) is 0 Å². The van der Waals surface area contributed by atoms with E-state index < -0.39 is 0 Å². The molecule has 0 spiro atoms. The molecule has 2 aliphatic rings. The third-order valence-electron chi connectivity index (χ3n) is 5.42. The Labute approximate surface area is 147 Å². The number of guanidine groups is 1. The molecule has 0 aromatic carbocycles. The van der Waals surface area contributed by atoms with Crippen LogP contribution in [0.15, 0.2) is 4.99 Å². The Hall–Kier alpha value is -0.0400. The summed E-state index contributed by atoms with van der Waals surface area (Å²) in [5.41, 5.74) is 6.49. The summed E-state index contributed by atoms with van der Waals surface area (Å²) in [6, 6.07) is 0.639. The number of hydrogen-bond donors (Lipinski definition) is 2. The van der Waals surface area contributed by atoms with Crippen molar-refractivity contribution < 1.29 is 0 Å². The van der Waals surface area contributed by atoms with Crippen molar-refractivity contribution in [2.24, 2.45) is 16.1 Å². The average molecular weight is 408 g/mol. The molecular formula is C16H33IN4. The highest BCUT2D eigenvalue weighted by molar-refractivity contribution is 14.0. The Morgan fingerprint density at radius 2 is 2.00 bits per heavy atom. The summed E-state index contributed by atoms with van der Waals surface area (Å²) in [4.78, 5) is 7.16. The zero-order chi connectivity index (χ0) is 14.4. The molecule has 0 amide bonds. The van der Waals surface area contributed by atoms with Crippen LogP contribution >= 0.6 is 24.0 Å². The van der Waals surface area contributed by atoms with E-state index in [1.165, 1.54) is 51.5 Å². The summed E-state index contributed by atoms with van der Waals surface area (Å²) >= 11 is 0. The van der Waals surface area contributed by atoms with Gasteiger partial charge in [-0.25, -0.2) is 0 Å². The summed E-state index contributed by atoms with van der Waals surface area (Å²) in [5.74, 6) is 0.646. The van der Waals surface area contributed by atoms with Crippen molar-refractivity contribution in [2.45, 2.75) is 64.8 Å². The second-order valence-corrected chi connectivity index (χ2v) is 6.57. The normalized spacial score (nSPS) is 25.8. The molecule has 4 nitrogen and oxygen atoms in total. The van der Waals surface area contributed by atoms with Gasteiger partial charge in [0.1, 0.15) is 0 Å². The van der Waals surface area contributed by atoms with E-state index >= 15 is 0 Å². The quantitative estimate of drug-likeness (QED) is 0.404. The Kier molecular flexibility index (Phi) is 8.31. The molecular weight excluding hydrogens is 375 g/mol. The number of hydrogen-bond acceptors (Lipinski definition) is 2. The second kappa shape index (κ2) is 9.18. The van der Waals surface area contributed by atoms with Gasteiger partial charge in [-0.05, 0) is 50.6 Å². The molecule has 1 aliphatic carbocycles. The van der Waals surface area contributed by atoms with Crippen LogP contribution < -0.4 is 11.1 Å². The van der Waals surface area contributed by atoms with Crippen LogP contribution in [0, 0.1) is 5.41 Å². The van der Waals surface area contributed by atoms with Crippen molar-refractivity contribution in [3.05, 3.63) is 0 Å². The van der Waals surface area contributed by atoms with E-state index in [1.54, 1.807) is 0 Å². The Bertz CT molecular complexity index is 326. The van der Waals surface area contributed by atoms with Crippen LogP contribution in [0.3, 0.4) is 0 Å². The van der Waals surface area contributed by atoms with Crippen LogP contribution in [0.2, 0.25) is 0 Å². The standard InChI is InChI=1S/C16H32N4.HI/c1-3-16(9-5-6-10-16)13-19-15(17)18-12-14-8-7-11-20(14)4-2;/h14H,3-13H2,1-2H3,(H3,17,18,19);1H. The maximum absolute atomic E-state index is 6.05. The first-order valence-electron chi connectivity index (χ1n) is 8.47. The zero-order valence-corrected chi connectivity index (χ0v) is 16.1. The maximum atomic E-state index is 6.05. The van der Waals surface area contributed by atoms with Gasteiger partial charge in [-0.2, -0.15) is 0 Å².